The number of benzene rings is 1. The standard InChI is InChI=1S/C20H26N4O4/c1-20(2,3)24-17(26)14-7-6-13(12-15(14)18(24)27)16(25)22-8-10-23(11-9-22)19(28)21(4)5/h6-7,12H,8-11H2,1-5H3. The summed E-state index contributed by atoms with van der Waals surface area (Å²) in [5, 5.41) is 0. The van der Waals surface area contributed by atoms with E-state index in [4.69, 9.17) is 0 Å². The first-order valence-corrected chi connectivity index (χ1v) is 9.31. The summed E-state index contributed by atoms with van der Waals surface area (Å²) in [6, 6.07) is 4.59. The molecule has 1 fully saturated rings. The SMILES string of the molecule is CN(C)C(=O)N1CCN(C(=O)c2ccc3c(c2)C(=O)N(C(C)(C)C)C3=O)CC1. The van der Waals surface area contributed by atoms with Crippen LogP contribution in [0.15, 0.2) is 18.2 Å². The summed E-state index contributed by atoms with van der Waals surface area (Å²) in [7, 11) is 3.40. The summed E-state index contributed by atoms with van der Waals surface area (Å²) in [4.78, 5) is 56.3. The molecule has 0 spiro atoms. The fraction of sp³-hybridized carbons (Fsp3) is 0.500. The largest absolute Gasteiger partial charge is 0.335 e. The number of carbonyl (C=O) groups is 4. The molecule has 28 heavy (non-hydrogen) atoms. The van der Waals surface area contributed by atoms with E-state index in [9.17, 15) is 19.2 Å². The minimum absolute atomic E-state index is 0.0731. The number of urea groups is 1. The molecule has 0 aliphatic carbocycles. The third-order valence-corrected chi connectivity index (χ3v) is 5.02. The van der Waals surface area contributed by atoms with Crippen molar-refractivity contribution in [3.05, 3.63) is 34.9 Å². The van der Waals surface area contributed by atoms with Crippen LogP contribution in [0.25, 0.3) is 0 Å². The van der Waals surface area contributed by atoms with E-state index in [2.05, 4.69) is 0 Å². The highest BCUT2D eigenvalue weighted by molar-refractivity contribution is 6.22. The molecular weight excluding hydrogens is 360 g/mol. The van der Waals surface area contributed by atoms with Crippen LogP contribution in [0.2, 0.25) is 0 Å². The van der Waals surface area contributed by atoms with Crippen molar-refractivity contribution < 1.29 is 19.2 Å². The molecule has 0 N–H and O–H groups in total. The van der Waals surface area contributed by atoms with Gasteiger partial charge >= 0.3 is 6.03 Å². The first-order valence-electron chi connectivity index (χ1n) is 9.31. The van der Waals surface area contributed by atoms with Gasteiger partial charge in [0.25, 0.3) is 17.7 Å². The van der Waals surface area contributed by atoms with Gasteiger partial charge in [-0.05, 0) is 39.0 Å². The minimum Gasteiger partial charge on any atom is -0.335 e. The van der Waals surface area contributed by atoms with Crippen LogP contribution in [0.5, 0.6) is 0 Å². The van der Waals surface area contributed by atoms with Crippen molar-refractivity contribution in [2.75, 3.05) is 40.3 Å². The molecule has 150 valence electrons. The molecule has 1 saturated heterocycles. The van der Waals surface area contributed by atoms with Crippen LogP contribution in [-0.2, 0) is 0 Å². The quantitative estimate of drug-likeness (QED) is 0.686. The van der Waals surface area contributed by atoms with Gasteiger partial charge in [-0.25, -0.2) is 4.79 Å². The second-order valence-electron chi connectivity index (χ2n) is 8.33. The number of hydrogen-bond acceptors (Lipinski definition) is 4. The van der Waals surface area contributed by atoms with Gasteiger partial charge in [0.1, 0.15) is 0 Å². The molecule has 0 radical (unpaired) electrons. The van der Waals surface area contributed by atoms with Crippen molar-refractivity contribution in [3.8, 4) is 0 Å². The molecule has 1 aromatic carbocycles. The lowest BCUT2D eigenvalue weighted by molar-refractivity contribution is 0.0507. The zero-order valence-corrected chi connectivity index (χ0v) is 17.0. The van der Waals surface area contributed by atoms with Crippen LogP contribution >= 0.6 is 0 Å². The van der Waals surface area contributed by atoms with E-state index in [1.54, 1.807) is 56.8 Å². The van der Waals surface area contributed by atoms with E-state index >= 15 is 0 Å². The Labute approximate surface area is 164 Å². The monoisotopic (exact) mass is 386 g/mol. The Bertz CT molecular complexity index is 848. The molecule has 0 unspecified atom stereocenters. The van der Waals surface area contributed by atoms with E-state index in [0.717, 1.165) is 0 Å². The van der Waals surface area contributed by atoms with Crippen LogP contribution in [0.1, 0.15) is 51.8 Å². The van der Waals surface area contributed by atoms with Crippen LogP contribution in [0.3, 0.4) is 0 Å². The smallest absolute Gasteiger partial charge is 0.319 e. The lowest BCUT2D eigenvalue weighted by Crippen LogP contribution is -2.52. The average Bonchev–Trinajstić information content (AvgIpc) is 2.90. The zero-order valence-electron chi connectivity index (χ0n) is 17.0. The van der Waals surface area contributed by atoms with Gasteiger partial charge < -0.3 is 14.7 Å². The molecule has 5 amide bonds. The Kier molecular flexibility index (Phi) is 4.91. The summed E-state index contributed by atoms with van der Waals surface area (Å²) in [6.45, 7) is 7.18. The van der Waals surface area contributed by atoms with Gasteiger partial charge in [0, 0.05) is 51.4 Å². The maximum absolute atomic E-state index is 12.9. The molecule has 2 aliphatic rings. The number of carbonyl (C=O) groups excluding carboxylic acids is 4. The predicted octanol–water partition coefficient (Wildman–Crippen LogP) is 1.52. The van der Waals surface area contributed by atoms with Crippen molar-refractivity contribution in [1.29, 1.82) is 0 Å². The van der Waals surface area contributed by atoms with Crippen LogP contribution in [0.4, 0.5) is 4.79 Å². The molecule has 0 saturated carbocycles. The van der Waals surface area contributed by atoms with Crippen LogP contribution < -0.4 is 0 Å². The normalized spacial score (nSPS) is 17.1. The fourth-order valence-electron chi connectivity index (χ4n) is 3.55. The summed E-state index contributed by atoms with van der Waals surface area (Å²) in [6.07, 6.45) is 0. The van der Waals surface area contributed by atoms with Crippen molar-refractivity contribution >= 4 is 23.8 Å². The third-order valence-electron chi connectivity index (χ3n) is 5.02. The molecule has 2 heterocycles. The topological polar surface area (TPSA) is 81.2 Å². The number of hydrogen-bond donors (Lipinski definition) is 0. The van der Waals surface area contributed by atoms with Crippen molar-refractivity contribution in [2.45, 2.75) is 26.3 Å². The fourth-order valence-corrected chi connectivity index (χ4v) is 3.55. The van der Waals surface area contributed by atoms with E-state index in [1.165, 1.54) is 15.9 Å². The molecule has 2 aliphatic heterocycles. The van der Waals surface area contributed by atoms with Crippen LogP contribution in [0, 0.1) is 0 Å². The van der Waals surface area contributed by atoms with E-state index in [-0.39, 0.29) is 29.3 Å². The van der Waals surface area contributed by atoms with Gasteiger partial charge in [0.05, 0.1) is 11.1 Å². The lowest BCUT2D eigenvalue weighted by atomic mass is 10.0. The van der Waals surface area contributed by atoms with Crippen molar-refractivity contribution in [1.82, 2.24) is 19.6 Å². The second kappa shape index (κ2) is 6.92. The second-order valence-corrected chi connectivity index (χ2v) is 8.33. The Morgan fingerprint density at radius 2 is 1.43 bits per heavy atom. The van der Waals surface area contributed by atoms with E-state index in [1.807, 2.05) is 0 Å². The minimum atomic E-state index is -0.632. The molecule has 8 heteroatoms. The summed E-state index contributed by atoms with van der Waals surface area (Å²) in [5.41, 5.74) is 0.347. The lowest BCUT2D eigenvalue weighted by Gasteiger charge is -2.36. The highest BCUT2D eigenvalue weighted by Gasteiger charge is 2.42. The third kappa shape index (κ3) is 3.34. The van der Waals surface area contributed by atoms with Gasteiger partial charge in [0.2, 0.25) is 0 Å². The number of imide groups is 1. The van der Waals surface area contributed by atoms with Gasteiger partial charge in [-0.2, -0.15) is 0 Å². The zero-order chi connectivity index (χ0) is 20.8. The summed E-state index contributed by atoms with van der Waals surface area (Å²) >= 11 is 0. The van der Waals surface area contributed by atoms with E-state index in [0.29, 0.717) is 37.3 Å². The Morgan fingerprint density at radius 1 is 0.893 bits per heavy atom. The average molecular weight is 386 g/mol. The van der Waals surface area contributed by atoms with E-state index < -0.39 is 5.54 Å². The maximum atomic E-state index is 12.9. The molecular formula is C20H26N4O4. The van der Waals surface area contributed by atoms with Gasteiger partial charge in [-0.1, -0.05) is 0 Å². The molecule has 1 aromatic rings. The molecule has 0 bridgehead atoms. The number of piperazine rings is 1. The molecule has 8 nitrogen and oxygen atoms in total. The number of nitrogens with zero attached hydrogens (tertiary/aromatic N) is 4. The number of fused-ring (bicyclic) bond motifs is 1. The Morgan fingerprint density at radius 3 is 1.96 bits per heavy atom. The number of amides is 5. The number of rotatable bonds is 1. The summed E-state index contributed by atoms with van der Waals surface area (Å²) in [5.74, 6) is -0.903. The molecule has 3 rings (SSSR count). The molecule has 0 aromatic heterocycles. The van der Waals surface area contributed by atoms with Crippen molar-refractivity contribution in [2.24, 2.45) is 0 Å². The molecule has 0 atom stereocenters. The highest BCUT2D eigenvalue weighted by Crippen LogP contribution is 2.30. The summed E-state index contributed by atoms with van der Waals surface area (Å²) < 4.78 is 0. The van der Waals surface area contributed by atoms with Gasteiger partial charge in [-0.3, -0.25) is 19.3 Å². The predicted molar refractivity (Wildman–Crippen MR) is 103 cm³/mol. The van der Waals surface area contributed by atoms with Gasteiger partial charge in [0.15, 0.2) is 0 Å². The Balaban J connectivity index is 1.76. The van der Waals surface area contributed by atoms with Crippen LogP contribution in [-0.4, -0.2) is 89.2 Å². The Hall–Kier alpha value is -2.90. The first kappa shape index (κ1) is 19.9. The highest BCUT2D eigenvalue weighted by atomic mass is 16.2. The first-order chi connectivity index (χ1) is 13.0. The van der Waals surface area contributed by atoms with Gasteiger partial charge in [-0.15, -0.1) is 0 Å². The maximum Gasteiger partial charge on any atom is 0.319 e. The van der Waals surface area contributed by atoms with Crippen molar-refractivity contribution in [3.63, 3.8) is 0 Å².